The topological polar surface area (TPSA) is 118 Å². The number of aliphatic imine (C=N–C) groups is 1. The summed E-state index contributed by atoms with van der Waals surface area (Å²) in [5.41, 5.74) is 3.40. The molecule has 3 aromatic rings. The molecule has 0 atom stereocenters. The van der Waals surface area contributed by atoms with E-state index in [-0.39, 0.29) is 5.69 Å². The van der Waals surface area contributed by atoms with Gasteiger partial charge in [-0.3, -0.25) is 15.1 Å². The number of nitro benzene ring substituents is 1. The van der Waals surface area contributed by atoms with Crippen LogP contribution in [0.3, 0.4) is 0 Å². The van der Waals surface area contributed by atoms with Gasteiger partial charge in [-0.15, -0.1) is 0 Å². The summed E-state index contributed by atoms with van der Waals surface area (Å²) in [6, 6.07) is 14.5. The van der Waals surface area contributed by atoms with Crippen molar-refractivity contribution in [3.05, 3.63) is 76.2 Å². The fraction of sp³-hybridized carbons (Fsp3) is 0.238. The Labute approximate surface area is 174 Å². The first kappa shape index (κ1) is 20.8. The third kappa shape index (κ3) is 5.57. The Morgan fingerprint density at radius 3 is 2.63 bits per heavy atom. The molecule has 0 spiro atoms. The van der Waals surface area contributed by atoms with Crippen molar-refractivity contribution >= 4 is 17.3 Å². The SMILES string of the molecule is CN=C(NCCNc1ccccc1[N+](=O)[O-])NCc1coc(-c2ccc(C)cc2)n1. The first-order valence-electron chi connectivity index (χ1n) is 9.50. The van der Waals surface area contributed by atoms with Gasteiger partial charge in [-0.1, -0.05) is 29.8 Å². The number of nitro groups is 1. The van der Waals surface area contributed by atoms with Crippen LogP contribution in [0.25, 0.3) is 11.5 Å². The first-order chi connectivity index (χ1) is 14.6. The Balaban J connectivity index is 1.45. The normalized spacial score (nSPS) is 11.2. The first-order valence-corrected chi connectivity index (χ1v) is 9.50. The standard InChI is InChI=1S/C21H24N6O3/c1-15-7-9-16(10-8-15)20-26-17(14-30-20)13-25-21(22-2)24-12-11-23-18-5-3-4-6-19(18)27(28)29/h3-10,14,23H,11-13H2,1-2H3,(H2,22,24,25). The third-order valence-corrected chi connectivity index (χ3v) is 4.34. The fourth-order valence-corrected chi connectivity index (χ4v) is 2.77. The molecule has 2 aromatic carbocycles. The van der Waals surface area contributed by atoms with Crippen LogP contribution in [-0.2, 0) is 6.54 Å². The molecule has 30 heavy (non-hydrogen) atoms. The highest BCUT2D eigenvalue weighted by Gasteiger charge is 2.11. The molecule has 0 amide bonds. The Morgan fingerprint density at radius 1 is 1.13 bits per heavy atom. The van der Waals surface area contributed by atoms with Gasteiger partial charge in [-0.25, -0.2) is 4.98 Å². The number of nitrogens with zero attached hydrogens (tertiary/aromatic N) is 3. The molecule has 3 N–H and O–H groups in total. The molecule has 156 valence electrons. The second-order valence-corrected chi connectivity index (χ2v) is 6.56. The van der Waals surface area contributed by atoms with E-state index in [4.69, 9.17) is 4.42 Å². The van der Waals surface area contributed by atoms with Gasteiger partial charge in [-0.2, -0.15) is 0 Å². The highest BCUT2D eigenvalue weighted by atomic mass is 16.6. The summed E-state index contributed by atoms with van der Waals surface area (Å²) in [6.07, 6.45) is 1.62. The Kier molecular flexibility index (Phi) is 6.99. The van der Waals surface area contributed by atoms with E-state index < -0.39 is 4.92 Å². The second-order valence-electron chi connectivity index (χ2n) is 6.56. The van der Waals surface area contributed by atoms with Crippen LogP contribution in [-0.4, -0.2) is 36.0 Å². The lowest BCUT2D eigenvalue weighted by Gasteiger charge is -2.12. The van der Waals surface area contributed by atoms with Crippen LogP contribution in [0.15, 0.2) is 64.2 Å². The number of rotatable bonds is 8. The van der Waals surface area contributed by atoms with Gasteiger partial charge in [0.1, 0.15) is 12.0 Å². The molecule has 0 bridgehead atoms. The Morgan fingerprint density at radius 2 is 1.90 bits per heavy atom. The van der Waals surface area contributed by atoms with Crippen molar-refractivity contribution in [3.63, 3.8) is 0 Å². The molecule has 9 heteroatoms. The van der Waals surface area contributed by atoms with Crippen molar-refractivity contribution in [3.8, 4) is 11.5 Å². The van der Waals surface area contributed by atoms with Crippen molar-refractivity contribution in [1.82, 2.24) is 15.6 Å². The van der Waals surface area contributed by atoms with Gasteiger partial charge in [0.05, 0.1) is 17.2 Å². The number of aryl methyl sites for hydroxylation is 1. The van der Waals surface area contributed by atoms with Crippen LogP contribution in [0.2, 0.25) is 0 Å². The van der Waals surface area contributed by atoms with Gasteiger partial charge < -0.3 is 20.4 Å². The van der Waals surface area contributed by atoms with Crippen LogP contribution < -0.4 is 16.0 Å². The van der Waals surface area contributed by atoms with E-state index in [1.165, 1.54) is 11.6 Å². The maximum Gasteiger partial charge on any atom is 0.292 e. The smallest absolute Gasteiger partial charge is 0.292 e. The number of nitrogens with one attached hydrogen (secondary N) is 3. The van der Waals surface area contributed by atoms with Crippen molar-refractivity contribution < 1.29 is 9.34 Å². The molecule has 1 heterocycles. The number of aromatic nitrogens is 1. The molecule has 0 fully saturated rings. The van der Waals surface area contributed by atoms with Crippen molar-refractivity contribution in [2.45, 2.75) is 13.5 Å². The number of hydrogen-bond acceptors (Lipinski definition) is 6. The number of benzene rings is 2. The van der Waals surface area contributed by atoms with Crippen LogP contribution >= 0.6 is 0 Å². The number of oxazole rings is 1. The number of guanidine groups is 1. The van der Waals surface area contributed by atoms with Gasteiger partial charge in [-0.05, 0) is 25.1 Å². The lowest BCUT2D eigenvalue weighted by Crippen LogP contribution is -2.39. The van der Waals surface area contributed by atoms with Crippen LogP contribution in [0.5, 0.6) is 0 Å². The average molecular weight is 408 g/mol. The summed E-state index contributed by atoms with van der Waals surface area (Å²) in [5, 5.41) is 20.4. The van der Waals surface area contributed by atoms with E-state index in [1.807, 2.05) is 31.2 Å². The summed E-state index contributed by atoms with van der Waals surface area (Å²) in [5.74, 6) is 1.17. The molecule has 0 saturated heterocycles. The fourth-order valence-electron chi connectivity index (χ4n) is 2.77. The van der Waals surface area contributed by atoms with E-state index in [0.29, 0.717) is 37.2 Å². The van der Waals surface area contributed by atoms with Gasteiger partial charge in [0.2, 0.25) is 5.89 Å². The molecule has 9 nitrogen and oxygen atoms in total. The molecule has 3 rings (SSSR count). The average Bonchev–Trinajstić information content (AvgIpc) is 3.23. The maximum absolute atomic E-state index is 11.0. The van der Waals surface area contributed by atoms with Gasteiger partial charge >= 0.3 is 0 Å². The molecule has 1 aromatic heterocycles. The molecule has 0 aliphatic heterocycles. The number of anilines is 1. The molecular formula is C21H24N6O3. The second kappa shape index (κ2) is 10.1. The molecule has 0 radical (unpaired) electrons. The summed E-state index contributed by atoms with van der Waals surface area (Å²) < 4.78 is 5.56. The minimum Gasteiger partial charge on any atom is -0.444 e. The van der Waals surface area contributed by atoms with E-state index in [0.717, 1.165) is 11.3 Å². The summed E-state index contributed by atoms with van der Waals surface area (Å²) >= 11 is 0. The minimum atomic E-state index is -0.404. The van der Waals surface area contributed by atoms with E-state index in [1.54, 1.807) is 31.5 Å². The number of para-hydroxylation sites is 2. The zero-order valence-corrected chi connectivity index (χ0v) is 16.9. The highest BCUT2D eigenvalue weighted by molar-refractivity contribution is 5.79. The predicted octanol–water partition coefficient (Wildman–Crippen LogP) is 3.34. The molecule has 0 aliphatic carbocycles. The van der Waals surface area contributed by atoms with Gasteiger partial charge in [0.25, 0.3) is 5.69 Å². The van der Waals surface area contributed by atoms with Gasteiger partial charge in [0.15, 0.2) is 5.96 Å². The largest absolute Gasteiger partial charge is 0.444 e. The summed E-state index contributed by atoms with van der Waals surface area (Å²) in [6.45, 7) is 3.50. The van der Waals surface area contributed by atoms with Crippen LogP contribution in [0, 0.1) is 17.0 Å². The molecule has 0 saturated carbocycles. The maximum atomic E-state index is 11.0. The third-order valence-electron chi connectivity index (χ3n) is 4.34. The van der Waals surface area contributed by atoms with Crippen molar-refractivity contribution in [2.24, 2.45) is 4.99 Å². The molecule has 0 unspecified atom stereocenters. The number of hydrogen-bond donors (Lipinski definition) is 3. The quantitative estimate of drug-likeness (QED) is 0.172. The lowest BCUT2D eigenvalue weighted by molar-refractivity contribution is -0.384. The Bertz CT molecular complexity index is 1010. The monoisotopic (exact) mass is 408 g/mol. The lowest BCUT2D eigenvalue weighted by atomic mass is 10.1. The van der Waals surface area contributed by atoms with E-state index >= 15 is 0 Å². The molecular weight excluding hydrogens is 384 g/mol. The van der Waals surface area contributed by atoms with Gasteiger partial charge in [0, 0.05) is 31.8 Å². The Hall–Kier alpha value is -3.88. The van der Waals surface area contributed by atoms with Crippen molar-refractivity contribution in [1.29, 1.82) is 0 Å². The molecule has 0 aliphatic rings. The van der Waals surface area contributed by atoms with E-state index in [2.05, 4.69) is 25.9 Å². The van der Waals surface area contributed by atoms with Crippen LogP contribution in [0.4, 0.5) is 11.4 Å². The highest BCUT2D eigenvalue weighted by Crippen LogP contribution is 2.22. The van der Waals surface area contributed by atoms with Crippen LogP contribution in [0.1, 0.15) is 11.3 Å². The zero-order chi connectivity index (χ0) is 21.3. The zero-order valence-electron chi connectivity index (χ0n) is 16.9. The van der Waals surface area contributed by atoms with E-state index in [9.17, 15) is 10.1 Å². The minimum absolute atomic E-state index is 0.0513. The summed E-state index contributed by atoms with van der Waals surface area (Å²) in [7, 11) is 1.67. The van der Waals surface area contributed by atoms with Crippen molar-refractivity contribution in [2.75, 3.05) is 25.5 Å². The summed E-state index contributed by atoms with van der Waals surface area (Å²) in [4.78, 5) is 19.3. The predicted molar refractivity (Wildman–Crippen MR) is 116 cm³/mol.